The van der Waals surface area contributed by atoms with Gasteiger partial charge in [0.25, 0.3) is 0 Å². The lowest BCUT2D eigenvalue weighted by atomic mass is 10.0. The molecule has 0 amide bonds. The molecule has 0 bridgehead atoms. The van der Waals surface area contributed by atoms with Gasteiger partial charge in [0.1, 0.15) is 11.5 Å². The zero-order chi connectivity index (χ0) is 21.4. The van der Waals surface area contributed by atoms with Crippen LogP contribution in [0.25, 0.3) is 0 Å². The maximum Gasteiger partial charge on any atom is 0.344 e. The molecule has 0 saturated carbocycles. The van der Waals surface area contributed by atoms with E-state index in [1.165, 1.54) is 5.56 Å². The Morgan fingerprint density at radius 2 is 1.83 bits per heavy atom. The molecule has 0 fully saturated rings. The molecule has 0 radical (unpaired) electrons. The van der Waals surface area contributed by atoms with Gasteiger partial charge in [-0.1, -0.05) is 18.2 Å². The van der Waals surface area contributed by atoms with Crippen LogP contribution in [0.2, 0.25) is 0 Å². The van der Waals surface area contributed by atoms with Crippen LogP contribution in [-0.4, -0.2) is 42.0 Å². The number of rotatable bonds is 10. The van der Waals surface area contributed by atoms with E-state index in [1.54, 1.807) is 31.2 Å². The second kappa shape index (κ2) is 10.8. The lowest BCUT2D eigenvalue weighted by molar-refractivity contribution is -0.145. The van der Waals surface area contributed by atoms with Crippen LogP contribution in [0.15, 0.2) is 36.4 Å². The van der Waals surface area contributed by atoms with Crippen LogP contribution in [0.4, 0.5) is 0 Å². The lowest BCUT2D eigenvalue weighted by Crippen LogP contribution is -2.33. The third-order valence-electron chi connectivity index (χ3n) is 4.85. The van der Waals surface area contributed by atoms with E-state index in [9.17, 15) is 15.0 Å². The highest BCUT2D eigenvalue weighted by Gasteiger charge is 2.16. The average molecular weight is 402 g/mol. The molecule has 0 aliphatic rings. The molecule has 0 heterocycles. The van der Waals surface area contributed by atoms with Gasteiger partial charge in [0.15, 0.2) is 6.61 Å². The van der Waals surface area contributed by atoms with Gasteiger partial charge in [-0.15, -0.1) is 0 Å². The Bertz CT molecular complexity index is 804. The Morgan fingerprint density at radius 3 is 2.48 bits per heavy atom. The number of aliphatic hydroxyl groups excluding tert-OH is 1. The smallest absolute Gasteiger partial charge is 0.344 e. The first kappa shape index (κ1) is 22.7. The van der Waals surface area contributed by atoms with Crippen molar-refractivity contribution in [3.8, 4) is 11.5 Å². The van der Waals surface area contributed by atoms with Crippen LogP contribution in [0.3, 0.4) is 0 Å². The topological polar surface area (TPSA) is 88.0 Å². The third kappa shape index (κ3) is 6.76. The second-order valence-electron chi connectivity index (χ2n) is 7.17. The molecular formula is C23H31NO5. The van der Waals surface area contributed by atoms with E-state index in [2.05, 4.69) is 11.4 Å². The summed E-state index contributed by atoms with van der Waals surface area (Å²) in [7, 11) is 0. The Labute approximate surface area is 172 Å². The predicted octanol–water partition coefficient (Wildman–Crippen LogP) is 3.21. The molecule has 2 aromatic rings. The van der Waals surface area contributed by atoms with Gasteiger partial charge in [-0.3, -0.25) is 0 Å². The van der Waals surface area contributed by atoms with Gasteiger partial charge < -0.3 is 25.0 Å². The second-order valence-corrected chi connectivity index (χ2v) is 7.17. The Kier molecular flexibility index (Phi) is 8.49. The molecule has 2 unspecified atom stereocenters. The molecule has 2 rings (SSSR count). The summed E-state index contributed by atoms with van der Waals surface area (Å²) in [5.74, 6) is 0.490. The first-order valence-corrected chi connectivity index (χ1v) is 9.90. The highest BCUT2D eigenvalue weighted by molar-refractivity contribution is 5.71. The molecule has 29 heavy (non-hydrogen) atoms. The zero-order valence-corrected chi connectivity index (χ0v) is 17.6. The van der Waals surface area contributed by atoms with Crippen LogP contribution in [0.5, 0.6) is 11.5 Å². The fourth-order valence-corrected chi connectivity index (χ4v) is 3.12. The quantitative estimate of drug-likeness (QED) is 0.530. The number of esters is 1. The van der Waals surface area contributed by atoms with Crippen molar-refractivity contribution >= 4 is 5.97 Å². The summed E-state index contributed by atoms with van der Waals surface area (Å²) in [6, 6.07) is 10.5. The van der Waals surface area contributed by atoms with Gasteiger partial charge >= 0.3 is 5.97 Å². The molecule has 158 valence electrons. The Hall–Kier alpha value is -2.57. The van der Waals surface area contributed by atoms with Gasteiger partial charge in [-0.05, 0) is 81.1 Å². The van der Waals surface area contributed by atoms with Crippen molar-refractivity contribution in [2.45, 2.75) is 46.3 Å². The zero-order valence-electron chi connectivity index (χ0n) is 17.6. The monoisotopic (exact) mass is 401 g/mol. The number of nitrogens with one attached hydrogen (secondary N) is 1. The summed E-state index contributed by atoms with van der Waals surface area (Å²) < 4.78 is 10.5. The number of carbonyl (C=O) groups is 1. The standard InChI is InChI=1S/C23H31NO5/c1-5-28-22(26)14-29-21-13-15(2)19(12-16(21)3)10-11-24-17(4)23(27)18-6-8-20(25)9-7-18/h6-9,12-13,17,23-25,27H,5,10-11,14H2,1-4H3. The number of aromatic hydroxyl groups is 1. The summed E-state index contributed by atoms with van der Waals surface area (Å²) in [5.41, 5.74) is 4.00. The first-order valence-electron chi connectivity index (χ1n) is 9.90. The van der Waals surface area contributed by atoms with Gasteiger partial charge in [0.2, 0.25) is 0 Å². The largest absolute Gasteiger partial charge is 0.508 e. The van der Waals surface area contributed by atoms with Crippen LogP contribution in [0.1, 0.15) is 42.2 Å². The molecule has 3 N–H and O–H groups in total. The number of hydrogen-bond donors (Lipinski definition) is 3. The first-order chi connectivity index (χ1) is 13.8. The van der Waals surface area contributed by atoms with Crippen LogP contribution < -0.4 is 10.1 Å². The predicted molar refractivity (Wildman–Crippen MR) is 112 cm³/mol. The minimum atomic E-state index is -0.655. The molecule has 6 heteroatoms. The maximum absolute atomic E-state index is 11.5. The molecule has 0 spiro atoms. The van der Waals surface area contributed by atoms with E-state index in [0.29, 0.717) is 18.9 Å². The maximum atomic E-state index is 11.5. The van der Waals surface area contributed by atoms with E-state index in [-0.39, 0.29) is 24.4 Å². The minimum absolute atomic E-state index is 0.0955. The molecule has 2 atom stereocenters. The van der Waals surface area contributed by atoms with Crippen molar-refractivity contribution in [3.05, 3.63) is 58.7 Å². The number of phenols is 1. The molecule has 0 aliphatic carbocycles. The number of aryl methyl sites for hydroxylation is 2. The molecule has 6 nitrogen and oxygen atoms in total. The molecule has 0 aromatic heterocycles. The van der Waals surface area contributed by atoms with Gasteiger partial charge in [-0.25, -0.2) is 4.79 Å². The summed E-state index contributed by atoms with van der Waals surface area (Å²) >= 11 is 0. The highest BCUT2D eigenvalue weighted by Crippen LogP contribution is 2.24. The number of ether oxygens (including phenoxy) is 2. The SMILES string of the molecule is CCOC(=O)COc1cc(C)c(CCNC(C)C(O)c2ccc(O)cc2)cc1C. The number of benzene rings is 2. The Morgan fingerprint density at radius 1 is 1.14 bits per heavy atom. The fourth-order valence-electron chi connectivity index (χ4n) is 3.12. The van der Waals surface area contributed by atoms with Crippen molar-refractivity contribution in [2.24, 2.45) is 0 Å². The number of carbonyl (C=O) groups excluding carboxylic acids is 1. The van der Waals surface area contributed by atoms with E-state index in [4.69, 9.17) is 9.47 Å². The van der Waals surface area contributed by atoms with Crippen molar-refractivity contribution < 1.29 is 24.5 Å². The lowest BCUT2D eigenvalue weighted by Gasteiger charge is -2.21. The Balaban J connectivity index is 1.89. The summed E-state index contributed by atoms with van der Waals surface area (Å²) in [5, 5.41) is 23.2. The molecule has 0 aliphatic heterocycles. The average Bonchev–Trinajstić information content (AvgIpc) is 2.69. The highest BCUT2D eigenvalue weighted by atomic mass is 16.6. The van der Waals surface area contributed by atoms with Crippen molar-refractivity contribution in [2.75, 3.05) is 19.8 Å². The normalized spacial score (nSPS) is 13.0. The fraction of sp³-hybridized carbons (Fsp3) is 0.435. The van der Waals surface area contributed by atoms with Crippen molar-refractivity contribution in [3.63, 3.8) is 0 Å². The van der Waals surface area contributed by atoms with E-state index in [0.717, 1.165) is 23.1 Å². The van der Waals surface area contributed by atoms with E-state index < -0.39 is 6.10 Å². The van der Waals surface area contributed by atoms with Crippen molar-refractivity contribution in [1.29, 1.82) is 0 Å². The molecule has 0 saturated heterocycles. The van der Waals surface area contributed by atoms with Gasteiger partial charge in [0.05, 0.1) is 12.7 Å². The summed E-state index contributed by atoms with van der Waals surface area (Å²) in [6.07, 6.45) is 0.148. The van der Waals surface area contributed by atoms with Crippen molar-refractivity contribution in [1.82, 2.24) is 5.32 Å². The number of hydrogen-bond acceptors (Lipinski definition) is 6. The minimum Gasteiger partial charge on any atom is -0.508 e. The third-order valence-corrected chi connectivity index (χ3v) is 4.85. The van der Waals surface area contributed by atoms with Crippen LogP contribution >= 0.6 is 0 Å². The van der Waals surface area contributed by atoms with Gasteiger partial charge in [-0.2, -0.15) is 0 Å². The number of phenolic OH excluding ortho intramolecular Hbond substituents is 1. The summed E-state index contributed by atoms with van der Waals surface area (Å²) in [6.45, 7) is 8.62. The van der Waals surface area contributed by atoms with Gasteiger partial charge in [0, 0.05) is 6.04 Å². The number of aliphatic hydroxyl groups is 1. The van der Waals surface area contributed by atoms with Crippen LogP contribution in [0, 0.1) is 13.8 Å². The van der Waals surface area contributed by atoms with E-state index >= 15 is 0 Å². The molecule has 2 aromatic carbocycles. The molecular weight excluding hydrogens is 370 g/mol. The summed E-state index contributed by atoms with van der Waals surface area (Å²) in [4.78, 5) is 11.5. The van der Waals surface area contributed by atoms with E-state index in [1.807, 2.05) is 26.8 Å². The van der Waals surface area contributed by atoms with Crippen LogP contribution in [-0.2, 0) is 16.0 Å².